The maximum atomic E-state index is 12.6. The first-order chi connectivity index (χ1) is 18.0. The molecule has 0 aliphatic carbocycles. The number of anilines is 1. The highest BCUT2D eigenvalue weighted by Gasteiger charge is 2.21. The fourth-order valence-corrected chi connectivity index (χ4v) is 5.16. The third-order valence-corrected chi connectivity index (χ3v) is 7.50. The van der Waals surface area contributed by atoms with Crippen LogP contribution in [0.15, 0.2) is 90.3 Å². The lowest BCUT2D eigenvalue weighted by Gasteiger charge is -2.27. The van der Waals surface area contributed by atoms with Crippen LogP contribution >= 0.6 is 0 Å². The van der Waals surface area contributed by atoms with Crippen molar-refractivity contribution in [1.82, 2.24) is 20.3 Å². The van der Waals surface area contributed by atoms with E-state index in [0.29, 0.717) is 13.1 Å². The number of aryl methyl sites for hydroxylation is 1. The predicted octanol–water partition coefficient (Wildman–Crippen LogP) is 3.36. The minimum Gasteiger partial charge on any atom is -0.489 e. The van der Waals surface area contributed by atoms with Crippen LogP contribution in [-0.2, 0) is 16.4 Å². The molecule has 0 fully saturated rings. The van der Waals surface area contributed by atoms with Gasteiger partial charge in [-0.2, -0.15) is 0 Å². The molecule has 5 rings (SSSR count). The van der Waals surface area contributed by atoms with Crippen LogP contribution in [0.3, 0.4) is 0 Å². The number of aliphatic hydroxyl groups is 1. The van der Waals surface area contributed by atoms with E-state index in [4.69, 9.17) is 4.74 Å². The molecule has 190 valence electrons. The fourth-order valence-electron chi connectivity index (χ4n) is 4.20. The second-order valence-electron chi connectivity index (χ2n) is 8.76. The molecule has 3 heterocycles. The van der Waals surface area contributed by atoms with Gasteiger partial charge in [0, 0.05) is 43.4 Å². The number of nitrogens with zero attached hydrogens (tertiary/aromatic N) is 3. The molecule has 2 aromatic heterocycles. The molecule has 10 heteroatoms. The van der Waals surface area contributed by atoms with Gasteiger partial charge in [0.25, 0.3) is 10.0 Å². The van der Waals surface area contributed by atoms with Crippen molar-refractivity contribution in [2.45, 2.75) is 29.9 Å². The van der Waals surface area contributed by atoms with Crippen molar-refractivity contribution < 1.29 is 18.3 Å². The molecular formula is C27H27N5O4S. The van der Waals surface area contributed by atoms with Gasteiger partial charge in [-0.15, -0.1) is 0 Å². The first-order valence-electron chi connectivity index (χ1n) is 12.0. The minimum absolute atomic E-state index is 0.0185. The van der Waals surface area contributed by atoms with Crippen LogP contribution in [0.25, 0.3) is 11.1 Å². The number of hydrogen-bond donors (Lipinski definition) is 3. The molecule has 4 aromatic rings. The number of ether oxygens (including phenoxy) is 1. The Morgan fingerprint density at radius 3 is 2.54 bits per heavy atom. The molecule has 0 bridgehead atoms. The predicted molar refractivity (Wildman–Crippen MR) is 140 cm³/mol. The van der Waals surface area contributed by atoms with Gasteiger partial charge >= 0.3 is 0 Å². The van der Waals surface area contributed by atoms with E-state index >= 15 is 0 Å². The number of sulfonamides is 1. The van der Waals surface area contributed by atoms with E-state index in [1.807, 2.05) is 24.3 Å². The van der Waals surface area contributed by atoms with Crippen LogP contribution in [0.4, 0.5) is 5.95 Å². The zero-order chi connectivity index (χ0) is 25.7. The van der Waals surface area contributed by atoms with Crippen molar-refractivity contribution in [3.63, 3.8) is 0 Å². The highest BCUT2D eigenvalue weighted by Crippen LogP contribution is 2.32. The number of aromatic nitrogens is 3. The fraction of sp³-hybridized carbons (Fsp3) is 0.222. The summed E-state index contributed by atoms with van der Waals surface area (Å²) in [6, 6.07) is 18.0. The molecule has 37 heavy (non-hydrogen) atoms. The third kappa shape index (κ3) is 6.11. The number of aliphatic hydroxyl groups excluding tert-OH is 1. The highest BCUT2D eigenvalue weighted by molar-refractivity contribution is 7.92. The lowest BCUT2D eigenvalue weighted by Crippen LogP contribution is -2.36. The highest BCUT2D eigenvalue weighted by atomic mass is 32.2. The molecule has 0 radical (unpaired) electrons. The Bertz CT molecular complexity index is 1440. The summed E-state index contributed by atoms with van der Waals surface area (Å²) in [6.45, 7) is 1.06. The second kappa shape index (κ2) is 11.0. The number of rotatable bonds is 9. The molecule has 0 saturated heterocycles. The van der Waals surface area contributed by atoms with Gasteiger partial charge in [-0.3, -0.25) is 4.98 Å². The van der Waals surface area contributed by atoms with Crippen molar-refractivity contribution in [1.29, 1.82) is 0 Å². The lowest BCUT2D eigenvalue weighted by atomic mass is 9.97. The van der Waals surface area contributed by atoms with E-state index in [-0.39, 0.29) is 16.9 Å². The van der Waals surface area contributed by atoms with Crippen LogP contribution in [0.5, 0.6) is 5.75 Å². The van der Waals surface area contributed by atoms with Crippen molar-refractivity contribution in [3.05, 3.63) is 96.6 Å². The molecule has 0 amide bonds. The summed E-state index contributed by atoms with van der Waals surface area (Å²) in [5.41, 5.74) is 3.79. The van der Waals surface area contributed by atoms with Crippen LogP contribution in [0.1, 0.15) is 23.7 Å². The van der Waals surface area contributed by atoms with Gasteiger partial charge in [-0.05, 0) is 65.9 Å². The summed E-state index contributed by atoms with van der Waals surface area (Å²) in [6.07, 6.45) is 7.43. The van der Waals surface area contributed by atoms with E-state index in [2.05, 4.69) is 31.1 Å². The summed E-state index contributed by atoms with van der Waals surface area (Å²) in [5, 5.41) is 13.6. The number of hydrogen-bond acceptors (Lipinski definition) is 8. The molecule has 0 spiro atoms. The number of fused-ring (bicyclic) bond motifs is 1. The summed E-state index contributed by atoms with van der Waals surface area (Å²) in [5.74, 6) is 0.875. The smallest absolute Gasteiger partial charge is 0.264 e. The Morgan fingerprint density at radius 2 is 1.78 bits per heavy atom. The normalized spacial score (nSPS) is 15.9. The molecule has 9 nitrogen and oxygen atoms in total. The summed E-state index contributed by atoms with van der Waals surface area (Å²) >= 11 is 0. The Hall–Kier alpha value is -3.86. The second-order valence-corrected chi connectivity index (χ2v) is 10.4. The minimum atomic E-state index is -3.78. The lowest BCUT2D eigenvalue weighted by molar-refractivity contribution is 0.146. The number of nitrogens with one attached hydrogen (secondary N) is 2. The third-order valence-electron chi connectivity index (χ3n) is 6.16. The van der Waals surface area contributed by atoms with Crippen LogP contribution in [0.2, 0.25) is 0 Å². The number of benzene rings is 2. The van der Waals surface area contributed by atoms with E-state index < -0.39 is 16.1 Å². The van der Waals surface area contributed by atoms with Crippen LogP contribution in [-0.4, -0.2) is 47.7 Å². The zero-order valence-corrected chi connectivity index (χ0v) is 20.8. The van der Waals surface area contributed by atoms with Gasteiger partial charge in [-0.1, -0.05) is 24.3 Å². The SMILES string of the molecule is O=S(=O)(Nc1ncccn1)c1ccc(-c2ccc3c(c2)CC[C@H](CNC[C@H](O)c2cccnc2)O3)cc1. The van der Waals surface area contributed by atoms with E-state index in [1.54, 1.807) is 42.7 Å². The molecule has 1 aliphatic heterocycles. The summed E-state index contributed by atoms with van der Waals surface area (Å²) in [4.78, 5) is 12.0. The number of pyridine rings is 1. The van der Waals surface area contributed by atoms with Crippen molar-refractivity contribution in [3.8, 4) is 16.9 Å². The van der Waals surface area contributed by atoms with Gasteiger partial charge in [0.2, 0.25) is 5.95 Å². The average molecular weight is 518 g/mol. The zero-order valence-electron chi connectivity index (χ0n) is 20.0. The van der Waals surface area contributed by atoms with Gasteiger partial charge in [0.1, 0.15) is 11.9 Å². The topological polar surface area (TPSA) is 126 Å². The van der Waals surface area contributed by atoms with Crippen LogP contribution < -0.4 is 14.8 Å². The van der Waals surface area contributed by atoms with Crippen molar-refractivity contribution in [2.24, 2.45) is 0 Å². The maximum absolute atomic E-state index is 12.6. The molecule has 2 atom stereocenters. The van der Waals surface area contributed by atoms with Crippen molar-refractivity contribution in [2.75, 3.05) is 17.8 Å². The van der Waals surface area contributed by atoms with Gasteiger partial charge in [0.15, 0.2) is 0 Å². The average Bonchev–Trinajstić information content (AvgIpc) is 2.93. The van der Waals surface area contributed by atoms with Gasteiger partial charge in [0.05, 0.1) is 11.0 Å². The van der Waals surface area contributed by atoms with E-state index in [9.17, 15) is 13.5 Å². The first kappa shape index (κ1) is 24.8. The van der Waals surface area contributed by atoms with E-state index in [0.717, 1.165) is 40.8 Å². The molecular weight excluding hydrogens is 490 g/mol. The van der Waals surface area contributed by atoms with Crippen molar-refractivity contribution >= 4 is 16.0 Å². The Balaban J connectivity index is 1.19. The van der Waals surface area contributed by atoms with Gasteiger partial charge in [-0.25, -0.2) is 23.1 Å². The quantitative estimate of drug-likeness (QED) is 0.309. The van der Waals surface area contributed by atoms with Gasteiger partial charge < -0.3 is 15.2 Å². The monoisotopic (exact) mass is 517 g/mol. The van der Waals surface area contributed by atoms with Crippen LogP contribution in [0, 0.1) is 0 Å². The largest absolute Gasteiger partial charge is 0.489 e. The molecule has 0 unspecified atom stereocenters. The summed E-state index contributed by atoms with van der Waals surface area (Å²) < 4.78 is 33.8. The van der Waals surface area contributed by atoms with E-state index in [1.165, 1.54) is 12.4 Å². The maximum Gasteiger partial charge on any atom is 0.264 e. The molecule has 2 aromatic carbocycles. The first-order valence-corrected chi connectivity index (χ1v) is 13.4. The molecule has 1 aliphatic rings. The Morgan fingerprint density at radius 1 is 1.00 bits per heavy atom. The molecule has 3 N–H and O–H groups in total. The Labute approximate surface area is 215 Å². The summed E-state index contributed by atoms with van der Waals surface area (Å²) in [7, 11) is -3.78. The molecule has 0 saturated carbocycles. The Kier molecular flexibility index (Phi) is 7.40. The standard InChI is InChI=1S/C27H27N5O4S/c33-25(22-3-1-12-28-16-22)18-29-17-23-8-4-21-15-20(7-11-26(21)36-23)19-5-9-24(10-6-19)37(34,35)32-27-30-13-2-14-31-27/h1-3,5-7,9-16,23,25,29,33H,4,8,17-18H2,(H,30,31,32)/t23-,25+/m1/s1.